The number of nitrogens with one attached hydrogen (secondary N) is 1. The van der Waals surface area contributed by atoms with Crippen molar-refractivity contribution < 1.29 is 4.79 Å². The quantitative estimate of drug-likeness (QED) is 0.740. The second-order valence-corrected chi connectivity index (χ2v) is 3.97. The number of rotatable bonds is 3. The number of hydrogen-bond donors (Lipinski definition) is 2. The van der Waals surface area contributed by atoms with Gasteiger partial charge >= 0.3 is 0 Å². The number of aromatic nitrogens is 2. The van der Waals surface area contributed by atoms with Crippen LogP contribution in [0.25, 0.3) is 0 Å². The maximum absolute atomic E-state index is 11.7. The molecule has 15 heavy (non-hydrogen) atoms. The molecule has 1 heterocycles. The van der Waals surface area contributed by atoms with E-state index in [9.17, 15) is 4.79 Å². The van der Waals surface area contributed by atoms with Gasteiger partial charge in [-0.1, -0.05) is 12.2 Å². The fraction of sp³-hybridized carbons (Fsp3) is 0.333. The summed E-state index contributed by atoms with van der Waals surface area (Å²) in [5.41, 5.74) is 4.56. The highest BCUT2D eigenvalue weighted by Crippen LogP contribution is 2.17. The molecule has 1 amide bonds. The van der Waals surface area contributed by atoms with Crippen molar-refractivity contribution in [3.8, 4) is 0 Å². The Kier molecular flexibility index (Phi) is 3.31. The van der Waals surface area contributed by atoms with Crippen LogP contribution in [0.2, 0.25) is 0 Å². The molecule has 0 aromatic carbocycles. The van der Waals surface area contributed by atoms with Crippen molar-refractivity contribution >= 4 is 28.9 Å². The third-order valence-corrected chi connectivity index (χ3v) is 2.50. The second-order valence-electron chi connectivity index (χ2n) is 3.53. The number of nitrogens with zero attached hydrogens (tertiary/aromatic N) is 2. The van der Waals surface area contributed by atoms with E-state index in [2.05, 4.69) is 15.3 Å². The molecule has 0 aliphatic rings. The highest BCUT2D eigenvalue weighted by atomic mass is 32.1. The van der Waals surface area contributed by atoms with Gasteiger partial charge in [-0.05, 0) is 13.8 Å². The van der Waals surface area contributed by atoms with Gasteiger partial charge in [0.1, 0.15) is 0 Å². The molecule has 1 aromatic rings. The Morgan fingerprint density at radius 1 is 1.53 bits per heavy atom. The van der Waals surface area contributed by atoms with Crippen molar-refractivity contribution in [1.82, 2.24) is 9.97 Å². The lowest BCUT2D eigenvalue weighted by Gasteiger charge is -2.21. The molecule has 80 valence electrons. The first kappa shape index (κ1) is 11.5. The highest BCUT2D eigenvalue weighted by Gasteiger charge is 2.31. The van der Waals surface area contributed by atoms with Gasteiger partial charge in [-0.3, -0.25) is 9.78 Å². The zero-order chi connectivity index (χ0) is 11.5. The summed E-state index contributed by atoms with van der Waals surface area (Å²) >= 11 is 4.81. The molecule has 0 bridgehead atoms. The largest absolute Gasteiger partial charge is 0.392 e. The summed E-state index contributed by atoms with van der Waals surface area (Å²) < 4.78 is 0. The van der Waals surface area contributed by atoms with E-state index < -0.39 is 5.41 Å². The maximum Gasteiger partial charge on any atom is 0.238 e. The van der Waals surface area contributed by atoms with Crippen LogP contribution in [0.4, 0.5) is 5.82 Å². The average Bonchev–Trinajstić information content (AvgIpc) is 2.18. The van der Waals surface area contributed by atoms with Gasteiger partial charge in [-0.15, -0.1) is 0 Å². The minimum absolute atomic E-state index is 0.142. The van der Waals surface area contributed by atoms with Gasteiger partial charge < -0.3 is 11.1 Å². The summed E-state index contributed by atoms with van der Waals surface area (Å²) in [5.74, 6) is 0.0855. The van der Waals surface area contributed by atoms with Crippen molar-refractivity contribution in [3.63, 3.8) is 0 Å². The molecule has 0 unspecified atom stereocenters. The molecule has 3 N–H and O–H groups in total. The number of hydrogen-bond acceptors (Lipinski definition) is 4. The van der Waals surface area contributed by atoms with E-state index >= 15 is 0 Å². The van der Waals surface area contributed by atoms with E-state index in [0.29, 0.717) is 5.82 Å². The molecule has 1 rings (SSSR count). The van der Waals surface area contributed by atoms with E-state index in [-0.39, 0.29) is 10.9 Å². The standard InChI is InChI=1S/C9H12N4OS/c1-9(2,7(10)15)8(14)13-6-5-11-3-4-12-6/h3-5H,1-2H3,(H2,10,15)(H,12,13,14). The summed E-state index contributed by atoms with van der Waals surface area (Å²) in [7, 11) is 0. The molecule has 0 fully saturated rings. The summed E-state index contributed by atoms with van der Waals surface area (Å²) in [5, 5.41) is 2.58. The van der Waals surface area contributed by atoms with Crippen molar-refractivity contribution in [2.24, 2.45) is 11.1 Å². The van der Waals surface area contributed by atoms with Crippen molar-refractivity contribution in [1.29, 1.82) is 0 Å². The minimum atomic E-state index is -0.896. The van der Waals surface area contributed by atoms with Crippen LogP contribution in [-0.2, 0) is 4.79 Å². The fourth-order valence-corrected chi connectivity index (χ4v) is 0.841. The van der Waals surface area contributed by atoms with Gasteiger partial charge in [0.05, 0.1) is 16.6 Å². The molecule has 0 atom stereocenters. The molecule has 0 saturated heterocycles. The highest BCUT2D eigenvalue weighted by molar-refractivity contribution is 7.80. The Bertz CT molecular complexity index is 377. The van der Waals surface area contributed by atoms with Gasteiger partial charge in [0, 0.05) is 12.4 Å². The molecule has 0 aliphatic heterocycles. The molecule has 0 spiro atoms. The predicted octanol–water partition coefficient (Wildman–Crippen LogP) is 0.727. The number of thiocarbonyl (C=S) groups is 1. The Morgan fingerprint density at radius 3 is 2.67 bits per heavy atom. The van der Waals surface area contributed by atoms with Crippen molar-refractivity contribution in [2.75, 3.05) is 5.32 Å². The molecule has 6 heteroatoms. The number of carbonyl (C=O) groups excluding carboxylic acids is 1. The van der Waals surface area contributed by atoms with Crippen LogP contribution in [0.15, 0.2) is 18.6 Å². The third-order valence-electron chi connectivity index (χ3n) is 1.99. The fourth-order valence-electron chi connectivity index (χ4n) is 0.748. The molecule has 0 radical (unpaired) electrons. The van der Waals surface area contributed by atoms with Crippen LogP contribution in [0, 0.1) is 5.41 Å². The van der Waals surface area contributed by atoms with Crippen LogP contribution < -0.4 is 11.1 Å². The number of nitrogens with two attached hydrogens (primary N) is 1. The summed E-state index contributed by atoms with van der Waals surface area (Å²) in [6, 6.07) is 0. The zero-order valence-electron chi connectivity index (χ0n) is 8.52. The topological polar surface area (TPSA) is 80.9 Å². The van der Waals surface area contributed by atoms with Gasteiger partial charge in [-0.25, -0.2) is 4.98 Å². The molecule has 1 aromatic heterocycles. The second kappa shape index (κ2) is 4.31. The average molecular weight is 224 g/mol. The van der Waals surface area contributed by atoms with Gasteiger partial charge in [0.2, 0.25) is 5.91 Å². The summed E-state index contributed by atoms with van der Waals surface area (Å²) in [6.45, 7) is 3.31. The zero-order valence-corrected chi connectivity index (χ0v) is 9.34. The normalized spacial score (nSPS) is 10.8. The van der Waals surface area contributed by atoms with Crippen LogP contribution in [0.1, 0.15) is 13.8 Å². The Labute approximate surface area is 93.1 Å². The SMILES string of the molecule is CC(C)(C(=O)Nc1cnccn1)C(N)=S. The van der Waals surface area contributed by atoms with E-state index in [1.165, 1.54) is 18.6 Å². The number of carbonyl (C=O) groups is 1. The van der Waals surface area contributed by atoms with Gasteiger partial charge in [0.15, 0.2) is 5.82 Å². The van der Waals surface area contributed by atoms with E-state index in [4.69, 9.17) is 18.0 Å². The minimum Gasteiger partial charge on any atom is -0.392 e. The Hall–Kier alpha value is -1.56. The summed E-state index contributed by atoms with van der Waals surface area (Å²) in [6.07, 6.45) is 4.46. The van der Waals surface area contributed by atoms with Crippen LogP contribution in [0.3, 0.4) is 0 Å². The first-order chi connectivity index (χ1) is 6.94. The van der Waals surface area contributed by atoms with Crippen LogP contribution in [0.5, 0.6) is 0 Å². The maximum atomic E-state index is 11.7. The summed E-state index contributed by atoms with van der Waals surface area (Å²) in [4.78, 5) is 19.6. The van der Waals surface area contributed by atoms with Gasteiger partial charge in [-0.2, -0.15) is 0 Å². The molecular formula is C9H12N4OS. The van der Waals surface area contributed by atoms with E-state index in [1.54, 1.807) is 13.8 Å². The van der Waals surface area contributed by atoms with Crippen molar-refractivity contribution in [2.45, 2.75) is 13.8 Å². The van der Waals surface area contributed by atoms with E-state index in [0.717, 1.165) is 0 Å². The first-order valence-electron chi connectivity index (χ1n) is 4.32. The molecule has 0 saturated carbocycles. The molecular weight excluding hydrogens is 212 g/mol. The monoisotopic (exact) mass is 224 g/mol. The third kappa shape index (κ3) is 2.69. The molecule has 5 nitrogen and oxygen atoms in total. The van der Waals surface area contributed by atoms with Crippen LogP contribution in [-0.4, -0.2) is 20.9 Å². The smallest absolute Gasteiger partial charge is 0.238 e. The predicted molar refractivity (Wildman–Crippen MR) is 61.2 cm³/mol. The lowest BCUT2D eigenvalue weighted by molar-refractivity contribution is -0.121. The lowest BCUT2D eigenvalue weighted by atomic mass is 9.92. The van der Waals surface area contributed by atoms with Gasteiger partial charge in [0.25, 0.3) is 0 Å². The van der Waals surface area contributed by atoms with Crippen LogP contribution >= 0.6 is 12.2 Å². The number of anilines is 1. The van der Waals surface area contributed by atoms with E-state index in [1.807, 2.05) is 0 Å². The Morgan fingerprint density at radius 2 is 2.20 bits per heavy atom. The first-order valence-corrected chi connectivity index (χ1v) is 4.73. The van der Waals surface area contributed by atoms with Crippen molar-refractivity contribution in [3.05, 3.63) is 18.6 Å². The number of amides is 1. The molecule has 0 aliphatic carbocycles. The lowest BCUT2D eigenvalue weighted by Crippen LogP contribution is -2.41. The Balaban J connectivity index is 2.77.